The van der Waals surface area contributed by atoms with E-state index in [9.17, 15) is 27.9 Å². The van der Waals surface area contributed by atoms with Crippen LogP contribution in [-0.4, -0.2) is 34.0 Å². The molecule has 0 radical (unpaired) electrons. The Labute approximate surface area is 237 Å². The van der Waals surface area contributed by atoms with Gasteiger partial charge in [-0.2, -0.15) is 13.2 Å². The number of aliphatic carboxylic acids is 1. The number of carbonyl (C=O) groups excluding carboxylic acids is 1. The highest BCUT2D eigenvalue weighted by Gasteiger charge is 2.46. The Morgan fingerprint density at radius 1 is 0.951 bits per heavy atom. The Morgan fingerprint density at radius 3 is 2.15 bits per heavy atom. The average Bonchev–Trinajstić information content (AvgIpc) is 2.89. The van der Waals surface area contributed by atoms with Crippen LogP contribution in [-0.2, 0) is 23.8 Å². The van der Waals surface area contributed by atoms with Crippen molar-refractivity contribution in [2.45, 2.75) is 70.5 Å². The molecule has 8 heteroatoms. The fourth-order valence-corrected chi connectivity index (χ4v) is 7.55. The molecule has 2 aliphatic rings. The van der Waals surface area contributed by atoms with Gasteiger partial charge in [0, 0.05) is 16.5 Å². The van der Waals surface area contributed by atoms with Crippen LogP contribution in [0.2, 0.25) is 0 Å². The van der Waals surface area contributed by atoms with E-state index in [0.717, 1.165) is 31.4 Å². The van der Waals surface area contributed by atoms with Crippen LogP contribution in [0.3, 0.4) is 0 Å². The lowest BCUT2D eigenvalue weighted by Crippen LogP contribution is -2.56. The SMILES string of the molecule is CC1CC2CC(C1)CC(C)(N(CC(=O)O)C(=O)c1cc(F)c3ccccc3c1CCc1ccc(C(F)(F)F)cc1)C2. The molecule has 2 atom stereocenters. The molecule has 0 aliphatic heterocycles. The highest BCUT2D eigenvalue weighted by atomic mass is 19.4. The van der Waals surface area contributed by atoms with Gasteiger partial charge in [-0.15, -0.1) is 0 Å². The summed E-state index contributed by atoms with van der Waals surface area (Å²) in [6.07, 6.45) is 0.727. The number of nitrogens with zero attached hydrogens (tertiary/aromatic N) is 1. The molecule has 41 heavy (non-hydrogen) atoms. The molecule has 5 rings (SSSR count). The highest BCUT2D eigenvalue weighted by Crippen LogP contribution is 2.49. The second-order valence-corrected chi connectivity index (χ2v) is 12.4. The van der Waals surface area contributed by atoms with Gasteiger partial charge in [0.1, 0.15) is 12.4 Å². The quantitative estimate of drug-likeness (QED) is 0.294. The smallest absolute Gasteiger partial charge is 0.416 e. The summed E-state index contributed by atoms with van der Waals surface area (Å²) in [5, 5.41) is 10.7. The number of carboxylic acids is 1. The molecule has 2 aliphatic carbocycles. The summed E-state index contributed by atoms with van der Waals surface area (Å²) >= 11 is 0. The van der Waals surface area contributed by atoms with Crippen molar-refractivity contribution in [3.8, 4) is 0 Å². The van der Waals surface area contributed by atoms with Gasteiger partial charge in [-0.05, 0) is 104 Å². The number of hydrogen-bond acceptors (Lipinski definition) is 2. The Bertz CT molecular complexity index is 1430. The van der Waals surface area contributed by atoms with E-state index < -0.39 is 41.5 Å². The minimum atomic E-state index is -4.44. The number of rotatable bonds is 7. The Morgan fingerprint density at radius 2 is 1.56 bits per heavy atom. The number of alkyl halides is 3. The van der Waals surface area contributed by atoms with E-state index in [0.29, 0.717) is 58.9 Å². The van der Waals surface area contributed by atoms with E-state index in [1.54, 1.807) is 24.3 Å². The van der Waals surface area contributed by atoms with Gasteiger partial charge in [0.05, 0.1) is 5.56 Å². The van der Waals surface area contributed by atoms with E-state index >= 15 is 4.39 Å². The fraction of sp³-hybridized carbons (Fsp3) is 0.455. The summed E-state index contributed by atoms with van der Waals surface area (Å²) in [7, 11) is 0. The molecule has 0 spiro atoms. The second kappa shape index (κ2) is 11.1. The first kappa shape index (κ1) is 29.1. The maximum Gasteiger partial charge on any atom is 0.416 e. The standard InChI is InChI=1S/C33H35F4NO3/c1-20-13-22-15-23(14-20)18-32(2,17-22)38(19-30(39)40)31(41)28-16-29(34)27-6-4-3-5-25(27)26(28)12-9-21-7-10-24(11-8-21)33(35,36)37/h3-8,10-11,16,20,22-23H,9,12-15,17-19H2,1-2H3,(H,39,40). The van der Waals surface area contributed by atoms with Crippen molar-refractivity contribution in [3.63, 3.8) is 0 Å². The zero-order valence-electron chi connectivity index (χ0n) is 23.3. The number of carbonyl (C=O) groups is 2. The van der Waals surface area contributed by atoms with Crippen LogP contribution in [0.25, 0.3) is 10.8 Å². The van der Waals surface area contributed by atoms with Gasteiger partial charge in [0.2, 0.25) is 0 Å². The number of halogens is 4. The van der Waals surface area contributed by atoms with Gasteiger partial charge >= 0.3 is 12.1 Å². The molecule has 2 bridgehead atoms. The van der Waals surface area contributed by atoms with Crippen molar-refractivity contribution in [2.24, 2.45) is 17.8 Å². The van der Waals surface area contributed by atoms with E-state index in [-0.39, 0.29) is 12.0 Å². The summed E-state index contributed by atoms with van der Waals surface area (Å²) in [5.41, 5.74) is -0.104. The summed E-state index contributed by atoms with van der Waals surface area (Å²) in [5.74, 6) is -0.820. The van der Waals surface area contributed by atoms with Crippen LogP contribution in [0.1, 0.15) is 73.0 Å². The maximum absolute atomic E-state index is 15.4. The van der Waals surface area contributed by atoms with Gasteiger partial charge in [-0.25, -0.2) is 4.39 Å². The fourth-order valence-electron chi connectivity index (χ4n) is 7.55. The maximum atomic E-state index is 15.4. The molecule has 3 aromatic carbocycles. The molecular weight excluding hydrogens is 534 g/mol. The van der Waals surface area contributed by atoms with Crippen molar-refractivity contribution >= 4 is 22.6 Å². The topological polar surface area (TPSA) is 57.6 Å². The molecule has 0 saturated heterocycles. The average molecular weight is 570 g/mol. The first-order chi connectivity index (χ1) is 19.3. The number of benzene rings is 3. The molecule has 2 fully saturated rings. The number of aryl methyl sites for hydroxylation is 2. The summed E-state index contributed by atoms with van der Waals surface area (Å²) < 4.78 is 54.6. The number of carboxylic acid groups (broad SMARTS) is 1. The molecule has 0 heterocycles. The molecule has 218 valence electrons. The number of amides is 1. The van der Waals surface area contributed by atoms with Crippen molar-refractivity contribution in [1.29, 1.82) is 0 Å². The third-order valence-corrected chi connectivity index (χ3v) is 9.07. The summed E-state index contributed by atoms with van der Waals surface area (Å²) in [6.45, 7) is 3.71. The predicted molar refractivity (Wildman–Crippen MR) is 149 cm³/mol. The number of fused-ring (bicyclic) bond motifs is 3. The van der Waals surface area contributed by atoms with Crippen molar-refractivity contribution in [3.05, 3.63) is 82.7 Å². The van der Waals surface area contributed by atoms with Crippen molar-refractivity contribution in [1.82, 2.24) is 4.90 Å². The van der Waals surface area contributed by atoms with Crippen molar-refractivity contribution < 1.29 is 32.3 Å². The molecule has 4 nitrogen and oxygen atoms in total. The minimum Gasteiger partial charge on any atom is -0.480 e. The van der Waals surface area contributed by atoms with Crippen LogP contribution in [0.15, 0.2) is 54.6 Å². The molecule has 3 aromatic rings. The van der Waals surface area contributed by atoms with Crippen molar-refractivity contribution in [2.75, 3.05) is 6.54 Å². The van der Waals surface area contributed by atoms with E-state index in [2.05, 4.69) is 6.92 Å². The van der Waals surface area contributed by atoms with Crippen LogP contribution < -0.4 is 0 Å². The van der Waals surface area contributed by atoms with Gasteiger partial charge < -0.3 is 10.0 Å². The third kappa shape index (κ3) is 6.11. The minimum absolute atomic E-state index is 0.111. The normalized spacial score (nSPS) is 24.3. The molecule has 1 amide bonds. The van der Waals surface area contributed by atoms with E-state index in [1.807, 2.05) is 6.92 Å². The number of hydrogen-bond donors (Lipinski definition) is 1. The zero-order valence-corrected chi connectivity index (χ0v) is 23.3. The van der Waals surface area contributed by atoms with Crippen LogP contribution >= 0.6 is 0 Å². The lowest BCUT2D eigenvalue weighted by molar-refractivity contribution is -0.140. The second-order valence-electron chi connectivity index (χ2n) is 12.4. The van der Waals surface area contributed by atoms with E-state index in [1.165, 1.54) is 23.1 Å². The zero-order chi connectivity index (χ0) is 29.5. The molecule has 2 saturated carbocycles. The third-order valence-electron chi connectivity index (χ3n) is 9.07. The van der Waals surface area contributed by atoms with Gasteiger partial charge in [0.15, 0.2) is 0 Å². The summed E-state index contributed by atoms with van der Waals surface area (Å²) in [6, 6.07) is 12.9. The first-order valence-electron chi connectivity index (χ1n) is 14.2. The monoisotopic (exact) mass is 569 g/mol. The lowest BCUT2D eigenvalue weighted by Gasteiger charge is -2.51. The predicted octanol–water partition coefficient (Wildman–Crippen LogP) is 7.91. The van der Waals surface area contributed by atoms with Crippen LogP contribution in [0, 0.1) is 23.6 Å². The van der Waals surface area contributed by atoms with E-state index in [4.69, 9.17) is 0 Å². The Kier molecular flexibility index (Phi) is 7.88. The van der Waals surface area contributed by atoms with Crippen LogP contribution in [0.5, 0.6) is 0 Å². The Balaban J connectivity index is 1.53. The largest absolute Gasteiger partial charge is 0.480 e. The summed E-state index contributed by atoms with van der Waals surface area (Å²) in [4.78, 5) is 27.8. The van der Waals surface area contributed by atoms with Gasteiger partial charge in [-0.1, -0.05) is 43.3 Å². The first-order valence-corrected chi connectivity index (χ1v) is 14.2. The Hall–Kier alpha value is -3.42. The lowest BCUT2D eigenvalue weighted by atomic mass is 9.62. The van der Waals surface area contributed by atoms with Gasteiger partial charge in [0.25, 0.3) is 5.91 Å². The molecule has 0 aromatic heterocycles. The van der Waals surface area contributed by atoms with Gasteiger partial charge in [-0.3, -0.25) is 9.59 Å². The molecule has 2 unspecified atom stereocenters. The highest BCUT2D eigenvalue weighted by molar-refractivity contribution is 6.03. The molecule has 1 N–H and O–H groups in total. The molecular formula is C33H35F4NO3. The van der Waals surface area contributed by atoms with Crippen LogP contribution in [0.4, 0.5) is 17.6 Å².